The Morgan fingerprint density at radius 2 is 2.00 bits per heavy atom. The zero-order chi connectivity index (χ0) is 10.7. The number of H-pyrrole nitrogens is 1. The van der Waals surface area contributed by atoms with E-state index in [2.05, 4.69) is 15.2 Å². The number of nitrogens with zero attached hydrogens (tertiary/aromatic N) is 2. The lowest BCUT2D eigenvalue weighted by Gasteiger charge is -1.93. The van der Waals surface area contributed by atoms with E-state index in [0.717, 1.165) is 11.4 Å². The minimum Gasteiger partial charge on any atom is -0.330 e. The van der Waals surface area contributed by atoms with Crippen LogP contribution in [0.5, 0.6) is 0 Å². The second-order valence-corrected chi connectivity index (χ2v) is 3.15. The van der Waals surface area contributed by atoms with Crippen LogP contribution in [0.2, 0.25) is 0 Å². The third-order valence-electron chi connectivity index (χ3n) is 2.02. The number of hydrogen-bond donors (Lipinski definition) is 2. The molecule has 0 bridgehead atoms. The lowest BCUT2D eigenvalue weighted by molar-refractivity contribution is 0.628. The van der Waals surface area contributed by atoms with Crippen molar-refractivity contribution in [1.29, 1.82) is 0 Å². The minimum absolute atomic E-state index is 0.267. The van der Waals surface area contributed by atoms with Gasteiger partial charge in [-0.05, 0) is 30.8 Å². The molecule has 0 unspecified atom stereocenters. The van der Waals surface area contributed by atoms with E-state index in [1.165, 1.54) is 12.1 Å². The van der Waals surface area contributed by atoms with Crippen LogP contribution < -0.4 is 5.73 Å². The summed E-state index contributed by atoms with van der Waals surface area (Å²) in [5.41, 5.74) is 6.18. The second-order valence-electron chi connectivity index (χ2n) is 3.15. The number of hydrogen-bond acceptors (Lipinski definition) is 3. The molecule has 3 N–H and O–H groups in total. The third-order valence-corrected chi connectivity index (χ3v) is 2.02. The molecule has 0 atom stereocenters. The first-order valence-corrected chi connectivity index (χ1v) is 4.67. The summed E-state index contributed by atoms with van der Waals surface area (Å²) < 4.78 is 12.7. The van der Waals surface area contributed by atoms with Gasteiger partial charge in [-0.1, -0.05) is 0 Å². The van der Waals surface area contributed by atoms with Gasteiger partial charge in [-0.25, -0.2) is 9.37 Å². The topological polar surface area (TPSA) is 67.6 Å². The molecule has 0 aliphatic rings. The fourth-order valence-corrected chi connectivity index (χ4v) is 1.27. The van der Waals surface area contributed by atoms with Crippen molar-refractivity contribution in [3.8, 4) is 11.4 Å². The zero-order valence-electron chi connectivity index (χ0n) is 8.07. The van der Waals surface area contributed by atoms with E-state index in [1.54, 1.807) is 12.1 Å². The van der Waals surface area contributed by atoms with Crippen LogP contribution in [0, 0.1) is 5.82 Å². The lowest BCUT2D eigenvalue weighted by Crippen LogP contribution is -2.03. The molecule has 2 aromatic rings. The van der Waals surface area contributed by atoms with Crippen LogP contribution in [0.1, 0.15) is 5.82 Å². The van der Waals surface area contributed by atoms with Gasteiger partial charge in [0.1, 0.15) is 11.6 Å². The number of aromatic nitrogens is 3. The molecule has 0 amide bonds. The van der Waals surface area contributed by atoms with Crippen LogP contribution in [-0.2, 0) is 6.42 Å². The van der Waals surface area contributed by atoms with E-state index < -0.39 is 0 Å². The first-order valence-electron chi connectivity index (χ1n) is 4.67. The van der Waals surface area contributed by atoms with E-state index in [-0.39, 0.29) is 5.82 Å². The van der Waals surface area contributed by atoms with Crippen LogP contribution in [0.25, 0.3) is 11.4 Å². The van der Waals surface area contributed by atoms with Crippen molar-refractivity contribution in [3.05, 3.63) is 35.9 Å². The largest absolute Gasteiger partial charge is 0.330 e. The predicted octanol–water partition coefficient (Wildman–Crippen LogP) is 1.11. The Morgan fingerprint density at radius 1 is 1.27 bits per heavy atom. The molecule has 1 aromatic heterocycles. The Morgan fingerprint density at radius 3 is 2.67 bits per heavy atom. The average Bonchev–Trinajstić information content (AvgIpc) is 2.68. The maximum absolute atomic E-state index is 12.7. The summed E-state index contributed by atoms with van der Waals surface area (Å²) in [4.78, 5) is 4.23. The molecule has 0 saturated carbocycles. The first kappa shape index (κ1) is 9.79. The summed E-state index contributed by atoms with van der Waals surface area (Å²) in [6, 6.07) is 6.05. The Balaban J connectivity index is 2.25. The Labute approximate surface area is 86.3 Å². The van der Waals surface area contributed by atoms with Crippen molar-refractivity contribution in [2.24, 2.45) is 5.73 Å². The monoisotopic (exact) mass is 206 g/mol. The van der Waals surface area contributed by atoms with Crippen LogP contribution in [0.3, 0.4) is 0 Å². The maximum Gasteiger partial charge on any atom is 0.181 e. The molecule has 1 heterocycles. The minimum atomic E-state index is -0.267. The summed E-state index contributed by atoms with van der Waals surface area (Å²) in [5.74, 6) is 1.05. The molecule has 2 rings (SSSR count). The summed E-state index contributed by atoms with van der Waals surface area (Å²) in [6.45, 7) is 0.526. The van der Waals surface area contributed by atoms with Gasteiger partial charge in [0.25, 0.3) is 0 Å². The fourth-order valence-electron chi connectivity index (χ4n) is 1.27. The number of nitrogens with one attached hydrogen (secondary N) is 1. The van der Waals surface area contributed by atoms with Gasteiger partial charge in [0, 0.05) is 12.0 Å². The molecule has 78 valence electrons. The van der Waals surface area contributed by atoms with Crippen molar-refractivity contribution in [1.82, 2.24) is 15.2 Å². The van der Waals surface area contributed by atoms with Gasteiger partial charge in [-0.15, -0.1) is 0 Å². The lowest BCUT2D eigenvalue weighted by atomic mass is 10.2. The van der Waals surface area contributed by atoms with Crippen LogP contribution in [-0.4, -0.2) is 21.7 Å². The SMILES string of the molecule is NCCc1nc(-c2ccc(F)cc2)n[nH]1. The highest BCUT2D eigenvalue weighted by atomic mass is 19.1. The van der Waals surface area contributed by atoms with Gasteiger partial charge >= 0.3 is 0 Å². The molecular formula is C10H11FN4. The third kappa shape index (κ3) is 2.19. The van der Waals surface area contributed by atoms with E-state index in [9.17, 15) is 4.39 Å². The zero-order valence-corrected chi connectivity index (χ0v) is 8.07. The Kier molecular flexibility index (Phi) is 2.73. The maximum atomic E-state index is 12.7. The van der Waals surface area contributed by atoms with Gasteiger partial charge < -0.3 is 5.73 Å². The fraction of sp³-hybridized carbons (Fsp3) is 0.200. The molecule has 0 aliphatic carbocycles. The first-order chi connectivity index (χ1) is 7.29. The molecule has 0 spiro atoms. The van der Waals surface area contributed by atoms with Gasteiger partial charge in [0.15, 0.2) is 5.82 Å². The van der Waals surface area contributed by atoms with E-state index in [1.807, 2.05) is 0 Å². The predicted molar refractivity (Wildman–Crippen MR) is 54.5 cm³/mol. The summed E-state index contributed by atoms with van der Waals surface area (Å²) >= 11 is 0. The second kappa shape index (κ2) is 4.18. The van der Waals surface area contributed by atoms with Crippen LogP contribution in [0.15, 0.2) is 24.3 Å². The van der Waals surface area contributed by atoms with Gasteiger partial charge in [0.2, 0.25) is 0 Å². The number of benzene rings is 1. The highest BCUT2D eigenvalue weighted by molar-refractivity contribution is 5.53. The number of aromatic amines is 1. The number of rotatable bonds is 3. The molecule has 5 heteroatoms. The van der Waals surface area contributed by atoms with Crippen molar-refractivity contribution in [3.63, 3.8) is 0 Å². The van der Waals surface area contributed by atoms with Crippen LogP contribution >= 0.6 is 0 Å². The summed E-state index contributed by atoms with van der Waals surface area (Å²) in [5, 5.41) is 6.81. The van der Waals surface area contributed by atoms with Gasteiger partial charge in [0.05, 0.1) is 0 Å². The quantitative estimate of drug-likeness (QED) is 0.790. The van der Waals surface area contributed by atoms with Crippen molar-refractivity contribution >= 4 is 0 Å². The number of halogens is 1. The Hall–Kier alpha value is -1.75. The van der Waals surface area contributed by atoms with Crippen molar-refractivity contribution < 1.29 is 4.39 Å². The highest BCUT2D eigenvalue weighted by Gasteiger charge is 2.04. The molecule has 0 saturated heterocycles. The van der Waals surface area contributed by atoms with E-state index in [0.29, 0.717) is 18.8 Å². The molecular weight excluding hydrogens is 195 g/mol. The normalized spacial score (nSPS) is 10.5. The van der Waals surface area contributed by atoms with Gasteiger partial charge in [-0.2, -0.15) is 5.10 Å². The molecule has 0 radical (unpaired) electrons. The average molecular weight is 206 g/mol. The standard InChI is InChI=1S/C10H11FN4/c11-8-3-1-7(2-4-8)10-13-9(5-6-12)14-15-10/h1-4H,5-6,12H2,(H,13,14,15). The molecule has 0 aliphatic heterocycles. The van der Waals surface area contributed by atoms with E-state index >= 15 is 0 Å². The highest BCUT2D eigenvalue weighted by Crippen LogP contribution is 2.14. The van der Waals surface area contributed by atoms with Crippen LogP contribution in [0.4, 0.5) is 4.39 Å². The summed E-state index contributed by atoms with van der Waals surface area (Å²) in [7, 11) is 0. The molecule has 4 nitrogen and oxygen atoms in total. The van der Waals surface area contributed by atoms with E-state index in [4.69, 9.17) is 5.73 Å². The molecule has 1 aromatic carbocycles. The Bertz CT molecular complexity index is 435. The molecule has 15 heavy (non-hydrogen) atoms. The smallest absolute Gasteiger partial charge is 0.181 e. The summed E-state index contributed by atoms with van der Waals surface area (Å²) in [6.07, 6.45) is 0.661. The van der Waals surface area contributed by atoms with Crippen molar-refractivity contribution in [2.45, 2.75) is 6.42 Å². The van der Waals surface area contributed by atoms with Gasteiger partial charge in [-0.3, -0.25) is 5.10 Å². The van der Waals surface area contributed by atoms with Crippen molar-refractivity contribution in [2.75, 3.05) is 6.54 Å². The number of nitrogens with two attached hydrogens (primary N) is 1. The molecule has 0 fully saturated rings.